The predicted molar refractivity (Wildman–Crippen MR) is 112 cm³/mol. The Bertz CT molecular complexity index is 748. The third kappa shape index (κ3) is 4.71. The number of aliphatic carboxylic acids is 1. The molecule has 0 unspecified atom stereocenters. The molecule has 1 aliphatic carbocycles. The van der Waals surface area contributed by atoms with Gasteiger partial charge in [0.25, 0.3) is 0 Å². The molecule has 2 heterocycles. The average molecular weight is 407 g/mol. The van der Waals surface area contributed by atoms with Crippen molar-refractivity contribution in [1.82, 2.24) is 10.3 Å². The number of nitrogens with one attached hydrogen (secondary N) is 1. The van der Waals surface area contributed by atoms with Crippen LogP contribution in [0.1, 0.15) is 60.9 Å². The number of nitrogens with zero attached hydrogens (tertiary/aromatic N) is 1. The van der Waals surface area contributed by atoms with Gasteiger partial charge in [-0.3, -0.25) is 4.79 Å². The van der Waals surface area contributed by atoms with E-state index < -0.39 is 5.97 Å². The molecular formula is C21H27ClN2O2S. The number of rotatable bonds is 4. The summed E-state index contributed by atoms with van der Waals surface area (Å²) in [7, 11) is 0. The predicted octanol–water partition coefficient (Wildman–Crippen LogP) is 5.06. The summed E-state index contributed by atoms with van der Waals surface area (Å²) in [5.41, 5.74) is 3.68. The highest BCUT2D eigenvalue weighted by molar-refractivity contribution is 7.10. The number of thiazole rings is 1. The topological polar surface area (TPSA) is 62.2 Å². The first-order valence-corrected chi connectivity index (χ1v) is 10.6. The second kappa shape index (κ2) is 9.18. The van der Waals surface area contributed by atoms with E-state index in [1.807, 2.05) is 0 Å². The molecule has 4 rings (SSSR count). The summed E-state index contributed by atoms with van der Waals surface area (Å²) < 4.78 is 0. The second-order valence-corrected chi connectivity index (χ2v) is 8.49. The Labute approximate surface area is 170 Å². The fourth-order valence-corrected chi connectivity index (χ4v) is 5.28. The highest BCUT2D eigenvalue weighted by Crippen LogP contribution is 2.38. The van der Waals surface area contributed by atoms with Crippen molar-refractivity contribution < 1.29 is 9.90 Å². The van der Waals surface area contributed by atoms with Crippen LogP contribution in [0, 0.1) is 5.92 Å². The highest BCUT2D eigenvalue weighted by Gasteiger charge is 2.28. The first-order chi connectivity index (χ1) is 12.7. The van der Waals surface area contributed by atoms with E-state index in [1.165, 1.54) is 29.0 Å². The molecule has 4 nitrogen and oxygen atoms in total. The molecule has 146 valence electrons. The minimum Gasteiger partial charge on any atom is -0.481 e. The largest absolute Gasteiger partial charge is 0.481 e. The summed E-state index contributed by atoms with van der Waals surface area (Å²) in [5, 5.41) is 15.9. The van der Waals surface area contributed by atoms with Gasteiger partial charge in [-0.25, -0.2) is 4.98 Å². The van der Waals surface area contributed by atoms with Gasteiger partial charge in [-0.2, -0.15) is 0 Å². The van der Waals surface area contributed by atoms with Crippen molar-refractivity contribution in [2.24, 2.45) is 5.92 Å². The van der Waals surface area contributed by atoms with Crippen LogP contribution < -0.4 is 5.32 Å². The zero-order valence-corrected chi connectivity index (χ0v) is 17.0. The molecule has 0 spiro atoms. The van der Waals surface area contributed by atoms with E-state index >= 15 is 0 Å². The van der Waals surface area contributed by atoms with Gasteiger partial charge in [0.1, 0.15) is 0 Å². The van der Waals surface area contributed by atoms with Gasteiger partial charge in [-0.05, 0) is 63.1 Å². The number of hydrogen-bond donors (Lipinski definition) is 2. The van der Waals surface area contributed by atoms with Crippen molar-refractivity contribution in [1.29, 1.82) is 0 Å². The molecule has 2 fully saturated rings. The number of carboxylic acid groups (broad SMARTS) is 1. The van der Waals surface area contributed by atoms with Crippen molar-refractivity contribution in [3.05, 3.63) is 40.2 Å². The number of benzene rings is 1. The normalized spacial score (nSPS) is 23.6. The van der Waals surface area contributed by atoms with Crippen LogP contribution in [0.3, 0.4) is 0 Å². The molecule has 27 heavy (non-hydrogen) atoms. The number of carbonyl (C=O) groups is 1. The first kappa shape index (κ1) is 20.3. The second-order valence-electron chi connectivity index (χ2n) is 7.60. The summed E-state index contributed by atoms with van der Waals surface area (Å²) >= 11 is 1.73. The molecule has 2 aromatic rings. The smallest absolute Gasteiger partial charge is 0.306 e. The van der Waals surface area contributed by atoms with Crippen LogP contribution >= 0.6 is 23.7 Å². The maximum atomic E-state index is 11.1. The Morgan fingerprint density at radius 1 is 1.00 bits per heavy atom. The van der Waals surface area contributed by atoms with Crippen LogP contribution in [0.5, 0.6) is 0 Å². The average Bonchev–Trinajstić information content (AvgIpc) is 3.19. The van der Waals surface area contributed by atoms with E-state index in [-0.39, 0.29) is 18.3 Å². The number of hydrogen-bond acceptors (Lipinski definition) is 4. The number of piperidine rings is 1. The van der Waals surface area contributed by atoms with E-state index in [0.29, 0.717) is 11.8 Å². The molecule has 0 bridgehead atoms. The number of halogens is 1. The maximum Gasteiger partial charge on any atom is 0.306 e. The molecule has 1 aromatic carbocycles. The van der Waals surface area contributed by atoms with E-state index in [4.69, 9.17) is 10.1 Å². The summed E-state index contributed by atoms with van der Waals surface area (Å²) in [6.45, 7) is 2.23. The van der Waals surface area contributed by atoms with Crippen LogP contribution in [0.2, 0.25) is 0 Å². The lowest BCUT2D eigenvalue weighted by Gasteiger charge is -2.24. The van der Waals surface area contributed by atoms with Gasteiger partial charge in [0.05, 0.1) is 16.6 Å². The Balaban J connectivity index is 0.00000210. The molecule has 1 saturated heterocycles. The van der Waals surface area contributed by atoms with Crippen molar-refractivity contribution >= 4 is 29.7 Å². The molecule has 1 saturated carbocycles. The zero-order valence-electron chi connectivity index (χ0n) is 15.4. The van der Waals surface area contributed by atoms with Crippen molar-refractivity contribution in [3.8, 4) is 11.3 Å². The van der Waals surface area contributed by atoms with Crippen LogP contribution in [0.15, 0.2) is 29.6 Å². The molecule has 0 radical (unpaired) electrons. The zero-order chi connectivity index (χ0) is 17.9. The highest BCUT2D eigenvalue weighted by atomic mass is 35.5. The van der Waals surface area contributed by atoms with E-state index in [0.717, 1.165) is 44.5 Å². The third-order valence-corrected chi connectivity index (χ3v) is 6.97. The third-order valence-electron chi connectivity index (χ3n) is 5.96. The van der Waals surface area contributed by atoms with Gasteiger partial charge in [0.2, 0.25) is 0 Å². The van der Waals surface area contributed by atoms with Gasteiger partial charge in [0.15, 0.2) is 0 Å². The van der Waals surface area contributed by atoms with Crippen molar-refractivity contribution in [2.75, 3.05) is 13.1 Å². The summed E-state index contributed by atoms with van der Waals surface area (Å²) in [5.74, 6) is 0.310. The first-order valence-electron chi connectivity index (χ1n) is 9.70. The quantitative estimate of drug-likeness (QED) is 0.745. The van der Waals surface area contributed by atoms with Crippen LogP contribution in [-0.2, 0) is 4.79 Å². The standard InChI is InChI=1S/C21H26N2O2S.ClH/c24-21(25)18-7-5-17(6-8-18)20-23-19(13-26-20)16-3-1-14(2-4-16)15-9-11-22-12-10-15;/h1-4,13,15,17-18,22H,5-12H2,(H,24,25);1H/t17-,18-;. The van der Waals surface area contributed by atoms with Crippen LogP contribution in [0.25, 0.3) is 11.3 Å². The molecule has 1 aromatic heterocycles. The van der Waals surface area contributed by atoms with Gasteiger partial charge in [-0.15, -0.1) is 23.7 Å². The van der Waals surface area contributed by atoms with Crippen molar-refractivity contribution in [3.63, 3.8) is 0 Å². The number of aromatic nitrogens is 1. The van der Waals surface area contributed by atoms with Crippen LogP contribution in [0.4, 0.5) is 0 Å². The Morgan fingerprint density at radius 2 is 1.67 bits per heavy atom. The fourth-order valence-electron chi connectivity index (χ4n) is 4.28. The minimum absolute atomic E-state index is 0. The lowest BCUT2D eigenvalue weighted by molar-refractivity contribution is -0.142. The Kier molecular flexibility index (Phi) is 6.90. The molecule has 2 aliphatic rings. The summed E-state index contributed by atoms with van der Waals surface area (Å²) in [6, 6.07) is 8.94. The van der Waals surface area contributed by atoms with Gasteiger partial charge >= 0.3 is 5.97 Å². The molecule has 6 heteroatoms. The van der Waals surface area contributed by atoms with E-state index in [2.05, 4.69) is 35.0 Å². The minimum atomic E-state index is -0.642. The molecule has 0 amide bonds. The molecular weight excluding hydrogens is 380 g/mol. The summed E-state index contributed by atoms with van der Waals surface area (Å²) in [4.78, 5) is 16.0. The number of carboxylic acids is 1. The van der Waals surface area contributed by atoms with E-state index in [1.54, 1.807) is 11.3 Å². The lowest BCUT2D eigenvalue weighted by Crippen LogP contribution is -2.26. The van der Waals surface area contributed by atoms with E-state index in [9.17, 15) is 4.79 Å². The molecule has 1 aliphatic heterocycles. The molecule has 0 atom stereocenters. The Hall–Kier alpha value is -1.43. The van der Waals surface area contributed by atoms with Crippen LogP contribution in [-0.4, -0.2) is 29.1 Å². The lowest BCUT2D eigenvalue weighted by atomic mass is 9.82. The summed E-state index contributed by atoms with van der Waals surface area (Å²) in [6.07, 6.45) is 5.88. The van der Waals surface area contributed by atoms with Gasteiger partial charge < -0.3 is 10.4 Å². The van der Waals surface area contributed by atoms with Gasteiger partial charge in [-0.1, -0.05) is 24.3 Å². The molecule has 2 N–H and O–H groups in total. The Morgan fingerprint density at radius 3 is 2.30 bits per heavy atom. The monoisotopic (exact) mass is 406 g/mol. The van der Waals surface area contributed by atoms with Crippen molar-refractivity contribution in [2.45, 2.75) is 50.4 Å². The SMILES string of the molecule is Cl.O=C(O)[C@H]1CC[C@H](c2nc(-c3ccc(C4CCNCC4)cc3)cs2)CC1. The fraction of sp³-hybridized carbons (Fsp3) is 0.524. The van der Waals surface area contributed by atoms with Gasteiger partial charge in [0, 0.05) is 16.9 Å². The maximum absolute atomic E-state index is 11.1.